The number of thiazole rings is 2. The van der Waals surface area contributed by atoms with Crippen molar-refractivity contribution in [1.82, 2.24) is 14.4 Å². The second kappa shape index (κ2) is 6.71. The van der Waals surface area contributed by atoms with E-state index < -0.39 is 0 Å². The molecule has 0 saturated carbocycles. The highest BCUT2D eigenvalue weighted by atomic mass is 32.1. The maximum atomic E-state index is 12.8. The quantitative estimate of drug-likeness (QED) is 0.567. The fraction of sp³-hybridized carbons (Fsp3) is 0.158. The summed E-state index contributed by atoms with van der Waals surface area (Å²) in [6.45, 7) is 5.36. The molecule has 4 aromatic rings. The van der Waals surface area contributed by atoms with Crippen LogP contribution in [0.4, 0.5) is 5.69 Å². The number of hydrogen-bond acceptors (Lipinski definition) is 6. The molecular weight excluding hydrogens is 380 g/mol. The lowest BCUT2D eigenvalue weighted by molar-refractivity contribution is 0.102. The highest BCUT2D eigenvalue weighted by Crippen LogP contribution is 2.28. The van der Waals surface area contributed by atoms with Gasteiger partial charge in [0.05, 0.1) is 11.4 Å². The minimum Gasteiger partial charge on any atom is -0.315 e. The van der Waals surface area contributed by atoms with Crippen LogP contribution >= 0.6 is 22.7 Å². The first-order valence-corrected chi connectivity index (χ1v) is 9.97. The number of hydrogen-bond donors (Lipinski definition) is 1. The molecular formula is C19H16N4O2S2. The van der Waals surface area contributed by atoms with E-state index in [0.29, 0.717) is 21.2 Å². The molecule has 1 amide bonds. The summed E-state index contributed by atoms with van der Waals surface area (Å²) in [5.74, 6) is -0.345. The van der Waals surface area contributed by atoms with Crippen molar-refractivity contribution in [2.24, 2.45) is 0 Å². The van der Waals surface area contributed by atoms with Gasteiger partial charge >= 0.3 is 0 Å². The molecule has 136 valence electrons. The summed E-state index contributed by atoms with van der Waals surface area (Å²) in [5, 5.41) is 5.39. The van der Waals surface area contributed by atoms with Crippen LogP contribution in [-0.4, -0.2) is 20.3 Å². The van der Waals surface area contributed by atoms with Gasteiger partial charge in [0.1, 0.15) is 15.6 Å². The predicted octanol–water partition coefficient (Wildman–Crippen LogP) is 4.06. The van der Waals surface area contributed by atoms with E-state index in [1.54, 1.807) is 13.8 Å². The van der Waals surface area contributed by atoms with E-state index in [0.717, 1.165) is 16.3 Å². The average molecular weight is 396 g/mol. The minimum atomic E-state index is -0.345. The topological polar surface area (TPSA) is 76.4 Å². The molecule has 6 nitrogen and oxygen atoms in total. The van der Waals surface area contributed by atoms with Crippen molar-refractivity contribution >= 4 is 39.2 Å². The number of aromatic nitrogens is 3. The van der Waals surface area contributed by atoms with E-state index >= 15 is 0 Å². The van der Waals surface area contributed by atoms with Crippen LogP contribution in [0.5, 0.6) is 0 Å². The fourth-order valence-electron chi connectivity index (χ4n) is 2.81. The van der Waals surface area contributed by atoms with E-state index in [4.69, 9.17) is 0 Å². The number of carbonyl (C=O) groups is 1. The molecule has 3 aromatic heterocycles. The first-order chi connectivity index (χ1) is 13.0. The van der Waals surface area contributed by atoms with Crippen LogP contribution in [0.2, 0.25) is 0 Å². The summed E-state index contributed by atoms with van der Waals surface area (Å²) in [6, 6.07) is 9.70. The van der Waals surface area contributed by atoms with E-state index in [2.05, 4.69) is 15.3 Å². The fourth-order valence-corrected chi connectivity index (χ4v) is 4.68. The van der Waals surface area contributed by atoms with Crippen molar-refractivity contribution < 1.29 is 4.79 Å². The Morgan fingerprint density at radius 3 is 2.56 bits per heavy atom. The zero-order valence-electron chi connectivity index (χ0n) is 14.9. The highest BCUT2D eigenvalue weighted by molar-refractivity contribution is 7.17. The Morgan fingerprint density at radius 2 is 1.81 bits per heavy atom. The highest BCUT2D eigenvalue weighted by Gasteiger charge is 2.20. The Bertz CT molecular complexity index is 1220. The first-order valence-electron chi connectivity index (χ1n) is 8.27. The van der Waals surface area contributed by atoms with Gasteiger partial charge in [0.25, 0.3) is 11.5 Å². The molecule has 0 bridgehead atoms. The van der Waals surface area contributed by atoms with Crippen LogP contribution in [0.25, 0.3) is 15.5 Å². The number of benzene rings is 1. The standard InChI is InChI=1S/C19H16N4O2S2/c1-10-9-26-19-21-11(2)14(18(25)23(10)19)22-16(24)15-12(3)20-17(27-15)13-7-5-4-6-8-13/h4-9H,1-3H3,(H,22,24). The number of rotatable bonds is 3. The van der Waals surface area contributed by atoms with Gasteiger partial charge in [-0.1, -0.05) is 30.3 Å². The Balaban J connectivity index is 1.71. The zero-order chi connectivity index (χ0) is 19.1. The van der Waals surface area contributed by atoms with Gasteiger partial charge in [-0.15, -0.1) is 22.7 Å². The summed E-state index contributed by atoms with van der Waals surface area (Å²) in [7, 11) is 0. The Kier molecular flexibility index (Phi) is 4.37. The monoisotopic (exact) mass is 396 g/mol. The first kappa shape index (κ1) is 17.6. The molecule has 0 saturated heterocycles. The van der Waals surface area contributed by atoms with Crippen LogP contribution in [0.1, 0.15) is 26.8 Å². The maximum Gasteiger partial charge on any atom is 0.282 e. The molecule has 0 spiro atoms. The van der Waals surface area contributed by atoms with E-state index in [-0.39, 0.29) is 17.2 Å². The molecule has 27 heavy (non-hydrogen) atoms. The molecule has 0 aliphatic carbocycles. The molecule has 0 radical (unpaired) electrons. The lowest BCUT2D eigenvalue weighted by atomic mass is 10.2. The number of nitrogens with zero attached hydrogens (tertiary/aromatic N) is 3. The molecule has 3 heterocycles. The molecule has 0 fully saturated rings. The van der Waals surface area contributed by atoms with E-state index in [1.807, 2.05) is 42.6 Å². The van der Waals surface area contributed by atoms with Gasteiger partial charge in [0.2, 0.25) is 0 Å². The molecule has 0 atom stereocenters. The van der Waals surface area contributed by atoms with Gasteiger partial charge in [-0.25, -0.2) is 9.97 Å². The molecule has 0 aliphatic rings. The third kappa shape index (κ3) is 3.07. The van der Waals surface area contributed by atoms with Crippen LogP contribution < -0.4 is 10.9 Å². The average Bonchev–Trinajstić information content (AvgIpc) is 3.22. The number of fused-ring (bicyclic) bond motifs is 1. The number of amides is 1. The normalized spacial score (nSPS) is 11.1. The van der Waals surface area contributed by atoms with Gasteiger partial charge < -0.3 is 5.32 Å². The third-order valence-corrected chi connectivity index (χ3v) is 6.33. The van der Waals surface area contributed by atoms with Gasteiger partial charge in [-0.05, 0) is 20.8 Å². The van der Waals surface area contributed by atoms with Gasteiger partial charge in [-0.3, -0.25) is 14.0 Å². The van der Waals surface area contributed by atoms with Gasteiger partial charge in [0, 0.05) is 16.6 Å². The van der Waals surface area contributed by atoms with Crippen molar-refractivity contribution in [3.8, 4) is 10.6 Å². The predicted molar refractivity (Wildman–Crippen MR) is 109 cm³/mol. The zero-order valence-corrected chi connectivity index (χ0v) is 16.6. The second-order valence-electron chi connectivity index (χ2n) is 6.13. The summed E-state index contributed by atoms with van der Waals surface area (Å²) >= 11 is 2.71. The van der Waals surface area contributed by atoms with Crippen LogP contribution in [0.3, 0.4) is 0 Å². The number of anilines is 1. The molecule has 0 aliphatic heterocycles. The number of nitrogens with one attached hydrogen (secondary N) is 1. The molecule has 0 unspecified atom stereocenters. The Hall–Kier alpha value is -2.84. The Labute approximate surface area is 163 Å². The van der Waals surface area contributed by atoms with Crippen LogP contribution in [-0.2, 0) is 0 Å². The Morgan fingerprint density at radius 1 is 1.07 bits per heavy atom. The van der Waals surface area contributed by atoms with Crippen LogP contribution in [0, 0.1) is 20.8 Å². The van der Waals surface area contributed by atoms with Crippen molar-refractivity contribution in [3.05, 3.63) is 68.0 Å². The lowest BCUT2D eigenvalue weighted by Gasteiger charge is -2.07. The maximum absolute atomic E-state index is 12.8. The molecule has 1 aromatic carbocycles. The van der Waals surface area contributed by atoms with Crippen molar-refractivity contribution in [2.45, 2.75) is 20.8 Å². The largest absolute Gasteiger partial charge is 0.315 e. The number of carbonyl (C=O) groups excluding carboxylic acids is 1. The van der Waals surface area contributed by atoms with Crippen molar-refractivity contribution in [3.63, 3.8) is 0 Å². The molecule has 1 N–H and O–H groups in total. The third-order valence-electron chi connectivity index (χ3n) is 4.18. The van der Waals surface area contributed by atoms with Gasteiger partial charge in [0.15, 0.2) is 4.96 Å². The summed E-state index contributed by atoms with van der Waals surface area (Å²) in [4.78, 5) is 35.7. The molecule has 4 rings (SSSR count). The van der Waals surface area contributed by atoms with Crippen molar-refractivity contribution in [1.29, 1.82) is 0 Å². The van der Waals surface area contributed by atoms with Crippen LogP contribution in [0.15, 0.2) is 40.5 Å². The summed E-state index contributed by atoms with van der Waals surface area (Å²) in [5.41, 5.74) is 2.82. The van der Waals surface area contributed by atoms with E-state index in [1.165, 1.54) is 27.1 Å². The van der Waals surface area contributed by atoms with Crippen molar-refractivity contribution in [2.75, 3.05) is 5.32 Å². The molecule has 8 heteroatoms. The second-order valence-corrected chi connectivity index (χ2v) is 7.96. The smallest absolute Gasteiger partial charge is 0.282 e. The minimum absolute atomic E-state index is 0.202. The SMILES string of the molecule is Cc1nc(-c2ccccc2)sc1C(=O)Nc1c(C)nc2scc(C)n2c1=O. The summed E-state index contributed by atoms with van der Waals surface area (Å²) < 4.78 is 1.52. The van der Waals surface area contributed by atoms with E-state index in [9.17, 15) is 9.59 Å². The van der Waals surface area contributed by atoms with Gasteiger partial charge in [-0.2, -0.15) is 0 Å². The lowest BCUT2D eigenvalue weighted by Crippen LogP contribution is -2.24. The summed E-state index contributed by atoms with van der Waals surface area (Å²) in [6.07, 6.45) is 0. The number of aryl methyl sites for hydroxylation is 3.